The molecule has 0 unspecified atom stereocenters. The lowest BCUT2D eigenvalue weighted by Crippen LogP contribution is -2.61. The Kier molecular flexibility index (Phi) is 26.3. The van der Waals surface area contributed by atoms with Crippen LogP contribution in [0.5, 0.6) is 5.75 Å². The lowest BCUT2D eigenvalue weighted by Gasteiger charge is -2.36. The molecule has 424 valence electrons. The molecule has 77 heavy (non-hydrogen) atoms. The number of benzene rings is 2. The summed E-state index contributed by atoms with van der Waals surface area (Å²) in [5, 5.41) is 19.2. The van der Waals surface area contributed by atoms with Crippen LogP contribution in [-0.2, 0) is 56.0 Å². The third-order valence-electron chi connectivity index (χ3n) is 13.1. The molecule has 0 radical (unpaired) electrons. The highest BCUT2D eigenvalue weighted by molar-refractivity contribution is 8.77. The van der Waals surface area contributed by atoms with E-state index in [1.165, 1.54) is 21.6 Å². The van der Waals surface area contributed by atoms with Crippen LogP contribution in [0.2, 0.25) is 0 Å². The van der Waals surface area contributed by atoms with Gasteiger partial charge in [-0.1, -0.05) is 97.2 Å². The Hall–Kier alpha value is -6.60. The number of hydrogen-bond donors (Lipinski definition) is 12. The van der Waals surface area contributed by atoms with Gasteiger partial charge in [0.1, 0.15) is 48.0 Å². The van der Waals surface area contributed by atoms with E-state index >= 15 is 0 Å². The highest BCUT2D eigenvalue weighted by Crippen LogP contribution is 2.48. The number of nitrogens with two attached hydrogens (primary N) is 5. The van der Waals surface area contributed by atoms with Crippen LogP contribution in [0.4, 0.5) is 0 Å². The van der Waals surface area contributed by atoms with Crippen molar-refractivity contribution in [3.63, 3.8) is 0 Å². The number of aliphatic imine (C=N–C) groups is 1. The second-order valence-corrected chi connectivity index (χ2v) is 22.5. The number of carbonyl (C=O) groups is 9. The molecular weight excluding hydrogens is 1030 g/mol. The topological polar surface area (TPSA) is 390 Å². The normalized spacial score (nSPS) is 21.6. The van der Waals surface area contributed by atoms with Gasteiger partial charge in [-0.3, -0.25) is 48.1 Å². The summed E-state index contributed by atoms with van der Waals surface area (Å²) in [4.78, 5) is 130. The van der Waals surface area contributed by atoms with Crippen molar-refractivity contribution in [1.82, 2.24) is 37.2 Å². The fourth-order valence-corrected chi connectivity index (χ4v) is 12.3. The Bertz CT molecular complexity index is 2340. The fourth-order valence-electron chi connectivity index (χ4n) is 8.93. The Morgan fingerprint density at radius 1 is 0.727 bits per heavy atom. The molecular formula is C52H79N13O10S2. The Morgan fingerprint density at radius 2 is 1.34 bits per heavy atom. The van der Waals surface area contributed by atoms with Crippen LogP contribution in [0, 0.1) is 5.92 Å². The number of amides is 9. The van der Waals surface area contributed by atoms with Crippen LogP contribution in [0.25, 0.3) is 0 Å². The van der Waals surface area contributed by atoms with E-state index in [0.717, 1.165) is 19.3 Å². The van der Waals surface area contributed by atoms with Crippen LogP contribution >= 0.6 is 21.6 Å². The molecule has 2 aromatic carbocycles. The molecule has 25 heteroatoms. The predicted molar refractivity (Wildman–Crippen MR) is 296 cm³/mol. The zero-order valence-electron chi connectivity index (χ0n) is 44.3. The second kappa shape index (κ2) is 32.2. The minimum atomic E-state index is -1.66. The lowest BCUT2D eigenvalue weighted by atomic mass is 9.85. The van der Waals surface area contributed by atoms with Gasteiger partial charge in [0.25, 0.3) is 0 Å². The van der Waals surface area contributed by atoms with Crippen LogP contribution in [0.15, 0.2) is 59.6 Å². The molecule has 2 aliphatic rings. The summed E-state index contributed by atoms with van der Waals surface area (Å²) in [6.07, 6.45) is 4.23. The van der Waals surface area contributed by atoms with Crippen LogP contribution in [0.1, 0.15) is 109 Å². The minimum absolute atomic E-state index is 0.0103. The molecule has 23 nitrogen and oxygen atoms in total. The number of unbranched alkanes of at least 4 members (excludes halogenated alkanes) is 1. The van der Waals surface area contributed by atoms with Gasteiger partial charge in [0, 0.05) is 36.3 Å². The maximum atomic E-state index is 14.6. The summed E-state index contributed by atoms with van der Waals surface area (Å²) >= 11 is 0. The maximum Gasteiger partial charge on any atom is 0.244 e. The molecule has 7 atom stereocenters. The van der Waals surface area contributed by atoms with Crippen LogP contribution < -0.4 is 70.6 Å². The number of nitrogens with one attached hydrogen (secondary N) is 7. The van der Waals surface area contributed by atoms with Gasteiger partial charge in [-0.05, 0) is 87.6 Å². The lowest BCUT2D eigenvalue weighted by molar-refractivity contribution is -0.136. The van der Waals surface area contributed by atoms with Crippen LogP contribution in [-0.4, -0.2) is 132 Å². The molecule has 0 aromatic heterocycles. The largest absolute Gasteiger partial charge is 0.494 e. The highest BCUT2D eigenvalue weighted by atomic mass is 33.1. The first kappa shape index (κ1) is 62.9. The average molecular weight is 1110 g/mol. The van der Waals surface area contributed by atoms with Crippen molar-refractivity contribution in [2.75, 3.05) is 25.4 Å². The van der Waals surface area contributed by atoms with Gasteiger partial charge < -0.3 is 70.6 Å². The van der Waals surface area contributed by atoms with Crippen molar-refractivity contribution < 1.29 is 47.9 Å². The monoisotopic (exact) mass is 1110 g/mol. The standard InChI is InChI=1S/C52H79N13O10S2/c1-4-75-34-20-18-33(19-21-34)27-37-46(70)62-38(26-32-14-7-5-8-15-32)48(72)65-43(31(2)3)50(74)63-39(28-41(54)66)47(71)64-40(30-76-77-52(29-42(67)59-37)22-10-6-11-23-52)49(73)61-36(16-9-12-24-53)45(69)60-35(44(55)68)17-13-25-58-51(56)57/h5,7-8,14-15,18-21,31,35-40,43H,4,6,9-13,16-17,22-30,53H2,1-3H3,(H2,54,66)(H2,55,68)(H,59,67)(H,60,69)(H,61,73)(H,62,70)(H,63,74)(H,64,71)(H,65,72)(H4,56,57,58)/t35-,36-,37+,38-,39-,40-,43-/m0/s1. The number of carbonyl (C=O) groups excluding carboxylic acids is 9. The quantitative estimate of drug-likeness (QED) is 0.0318. The number of ether oxygens (including phenoxy) is 1. The third kappa shape index (κ3) is 21.7. The number of guanidine groups is 1. The number of nitrogens with zero attached hydrogens (tertiary/aromatic N) is 1. The third-order valence-corrected chi connectivity index (χ3v) is 16.4. The van der Waals surface area contributed by atoms with Crippen molar-refractivity contribution in [2.24, 2.45) is 39.6 Å². The van der Waals surface area contributed by atoms with Crippen molar-refractivity contribution in [1.29, 1.82) is 0 Å². The van der Waals surface area contributed by atoms with E-state index in [1.54, 1.807) is 68.4 Å². The van der Waals surface area contributed by atoms with E-state index in [2.05, 4.69) is 42.2 Å². The van der Waals surface area contributed by atoms with E-state index in [4.69, 9.17) is 33.4 Å². The van der Waals surface area contributed by atoms with Gasteiger partial charge >= 0.3 is 0 Å². The molecule has 4 rings (SSSR count). The molecule has 1 saturated heterocycles. The minimum Gasteiger partial charge on any atom is -0.494 e. The molecule has 1 heterocycles. The molecule has 1 spiro atoms. The summed E-state index contributed by atoms with van der Waals surface area (Å²) in [5.41, 5.74) is 29.3. The van der Waals surface area contributed by atoms with Gasteiger partial charge in [0.05, 0.1) is 13.0 Å². The molecule has 1 aliphatic heterocycles. The summed E-state index contributed by atoms with van der Waals surface area (Å²) in [6, 6.07) is 6.71. The molecule has 1 aliphatic carbocycles. The molecule has 17 N–H and O–H groups in total. The van der Waals surface area contributed by atoms with E-state index in [9.17, 15) is 43.2 Å². The van der Waals surface area contributed by atoms with Crippen molar-refractivity contribution in [3.8, 4) is 5.75 Å². The summed E-state index contributed by atoms with van der Waals surface area (Å²) in [7, 11) is 2.56. The predicted octanol–water partition coefficient (Wildman–Crippen LogP) is -0.0486. The SMILES string of the molecule is CCOc1ccc(C[C@H]2NC(=O)CC3(CCCCC3)SSC[C@@H](C(=O)N[C@@H](CCCCN)C(=O)N[C@@H](CCCN=C(N)N)C(N)=O)NC(=O)[C@H](CC(N)=O)NC(=O)[C@H](C(C)C)NC(=O)[C@H](Cc3ccccc3)NC2=O)cc1. The van der Waals surface area contributed by atoms with Crippen molar-refractivity contribution in [2.45, 2.75) is 158 Å². The molecule has 0 bridgehead atoms. The van der Waals surface area contributed by atoms with Crippen LogP contribution in [0.3, 0.4) is 0 Å². The number of hydrogen-bond acceptors (Lipinski definition) is 14. The molecule has 1 saturated carbocycles. The van der Waals surface area contributed by atoms with Crippen molar-refractivity contribution in [3.05, 3.63) is 65.7 Å². The average Bonchev–Trinajstić information content (AvgIpc) is 3.37. The Morgan fingerprint density at radius 3 is 1.95 bits per heavy atom. The van der Waals surface area contributed by atoms with Gasteiger partial charge in [0.15, 0.2) is 5.96 Å². The number of primary amides is 2. The van der Waals surface area contributed by atoms with E-state index in [0.29, 0.717) is 49.2 Å². The van der Waals surface area contributed by atoms with Crippen molar-refractivity contribution >= 4 is 80.7 Å². The molecule has 2 fully saturated rings. The Balaban J connectivity index is 1.77. The second-order valence-electron chi connectivity index (χ2n) is 19.7. The smallest absolute Gasteiger partial charge is 0.244 e. The molecule has 9 amide bonds. The summed E-state index contributed by atoms with van der Waals surface area (Å²) in [6.45, 7) is 6.03. The van der Waals surface area contributed by atoms with E-state index in [-0.39, 0.29) is 63.3 Å². The zero-order valence-corrected chi connectivity index (χ0v) is 45.9. The summed E-state index contributed by atoms with van der Waals surface area (Å²) in [5.74, 6) is -7.39. The van der Waals surface area contributed by atoms with E-state index < -0.39 is 113 Å². The van der Waals surface area contributed by atoms with Gasteiger partial charge in [-0.2, -0.15) is 0 Å². The van der Waals surface area contributed by atoms with Gasteiger partial charge in [0.2, 0.25) is 53.2 Å². The van der Waals surface area contributed by atoms with E-state index in [1.807, 2.05) is 6.92 Å². The first-order valence-electron chi connectivity index (χ1n) is 26.2. The first-order chi connectivity index (χ1) is 36.7. The maximum absolute atomic E-state index is 14.6. The highest BCUT2D eigenvalue weighted by Gasteiger charge is 2.40. The first-order valence-corrected chi connectivity index (χ1v) is 28.6. The number of rotatable bonds is 22. The zero-order chi connectivity index (χ0) is 56.5. The van der Waals surface area contributed by atoms with Gasteiger partial charge in [-0.15, -0.1) is 0 Å². The summed E-state index contributed by atoms with van der Waals surface area (Å²) < 4.78 is 4.92. The fraction of sp³-hybridized carbons (Fsp3) is 0.577. The Labute approximate surface area is 458 Å². The van der Waals surface area contributed by atoms with Gasteiger partial charge in [-0.25, -0.2) is 0 Å². The molecule has 2 aromatic rings.